The van der Waals surface area contributed by atoms with Gasteiger partial charge in [0.25, 0.3) is 0 Å². The van der Waals surface area contributed by atoms with Crippen molar-refractivity contribution < 1.29 is 4.52 Å². The van der Waals surface area contributed by atoms with Crippen molar-refractivity contribution in [2.24, 2.45) is 11.8 Å². The first-order chi connectivity index (χ1) is 12.3. The van der Waals surface area contributed by atoms with E-state index in [1.807, 2.05) is 12.2 Å². The van der Waals surface area contributed by atoms with Crippen LogP contribution < -0.4 is 0 Å². The standard InChI is InChI=1S/C23H35OP/c1-3-5-7-13-16-21-20-22(21)17-14-10-8-9-11-15-19-23(24-25)18-12-6-4-2/h6-15,17,19,21-23H,3-5,16,18,20,25H2,1-2H3/b10-8-,11-9-,12-6-,13-7-,17-14+,19-15+. The summed E-state index contributed by atoms with van der Waals surface area (Å²) in [6.07, 6.45) is 33.1. The van der Waals surface area contributed by atoms with E-state index in [0.717, 1.165) is 24.7 Å². The van der Waals surface area contributed by atoms with Crippen molar-refractivity contribution in [3.8, 4) is 0 Å². The maximum Gasteiger partial charge on any atom is 0.0828 e. The van der Waals surface area contributed by atoms with Gasteiger partial charge in [-0.05, 0) is 43.9 Å². The third-order valence-electron chi connectivity index (χ3n) is 4.22. The Morgan fingerprint density at radius 1 is 0.960 bits per heavy atom. The molecule has 2 heteroatoms. The highest BCUT2D eigenvalue weighted by atomic mass is 31.0. The highest BCUT2D eigenvalue weighted by molar-refractivity contribution is 7.09. The molecule has 0 radical (unpaired) electrons. The Kier molecular flexibility index (Phi) is 13.2. The zero-order valence-corrected chi connectivity index (χ0v) is 17.0. The predicted octanol–water partition coefficient (Wildman–Crippen LogP) is 7.13. The molecule has 1 rings (SSSR count). The van der Waals surface area contributed by atoms with E-state index in [1.165, 1.54) is 25.7 Å². The molecule has 0 aromatic carbocycles. The van der Waals surface area contributed by atoms with Gasteiger partial charge in [0.1, 0.15) is 0 Å². The van der Waals surface area contributed by atoms with E-state index in [9.17, 15) is 0 Å². The molecule has 0 aliphatic heterocycles. The van der Waals surface area contributed by atoms with Crippen LogP contribution in [0.3, 0.4) is 0 Å². The zero-order chi connectivity index (χ0) is 18.2. The van der Waals surface area contributed by atoms with Gasteiger partial charge in [0.05, 0.1) is 6.10 Å². The fraction of sp³-hybridized carbons (Fsp3) is 0.478. The Labute approximate surface area is 157 Å². The van der Waals surface area contributed by atoms with E-state index >= 15 is 0 Å². The van der Waals surface area contributed by atoms with Gasteiger partial charge < -0.3 is 4.52 Å². The fourth-order valence-electron chi connectivity index (χ4n) is 2.56. The molecular formula is C23H35OP. The topological polar surface area (TPSA) is 9.23 Å². The molecule has 1 aliphatic carbocycles. The summed E-state index contributed by atoms with van der Waals surface area (Å²) in [6.45, 7) is 4.37. The summed E-state index contributed by atoms with van der Waals surface area (Å²) < 4.78 is 5.34. The lowest BCUT2D eigenvalue weighted by Crippen LogP contribution is -2.00. The molecule has 138 valence electrons. The molecule has 0 bridgehead atoms. The Morgan fingerprint density at radius 3 is 2.44 bits per heavy atom. The van der Waals surface area contributed by atoms with Crippen molar-refractivity contribution in [1.82, 2.24) is 0 Å². The van der Waals surface area contributed by atoms with Gasteiger partial charge in [-0.15, -0.1) is 0 Å². The van der Waals surface area contributed by atoms with Crippen LogP contribution in [0.2, 0.25) is 0 Å². The molecule has 0 aromatic heterocycles. The predicted molar refractivity (Wildman–Crippen MR) is 115 cm³/mol. The minimum Gasteiger partial charge on any atom is -0.358 e. The highest BCUT2D eigenvalue weighted by Crippen LogP contribution is 2.42. The van der Waals surface area contributed by atoms with Crippen LogP contribution in [0.15, 0.2) is 72.9 Å². The average Bonchev–Trinajstić information content (AvgIpc) is 3.37. The highest BCUT2D eigenvalue weighted by Gasteiger charge is 2.32. The van der Waals surface area contributed by atoms with Crippen molar-refractivity contribution in [2.45, 2.75) is 58.5 Å². The van der Waals surface area contributed by atoms with Crippen molar-refractivity contribution in [3.05, 3.63) is 72.9 Å². The van der Waals surface area contributed by atoms with E-state index in [4.69, 9.17) is 4.52 Å². The first-order valence-corrected chi connectivity index (χ1v) is 10.1. The van der Waals surface area contributed by atoms with Crippen LogP contribution >= 0.6 is 9.47 Å². The van der Waals surface area contributed by atoms with Gasteiger partial charge in [-0.3, -0.25) is 0 Å². The minimum atomic E-state index is 0.125. The zero-order valence-electron chi connectivity index (χ0n) is 15.9. The lowest BCUT2D eigenvalue weighted by atomic mass is 10.2. The van der Waals surface area contributed by atoms with Crippen LogP contribution in [0.5, 0.6) is 0 Å². The maximum atomic E-state index is 5.34. The summed E-state index contributed by atoms with van der Waals surface area (Å²) >= 11 is 0. The van der Waals surface area contributed by atoms with Gasteiger partial charge in [0.2, 0.25) is 0 Å². The molecule has 4 unspecified atom stereocenters. The molecule has 0 amide bonds. The molecule has 1 saturated carbocycles. The average molecular weight is 359 g/mol. The molecule has 25 heavy (non-hydrogen) atoms. The van der Waals surface area contributed by atoms with Gasteiger partial charge in [0.15, 0.2) is 0 Å². The van der Waals surface area contributed by atoms with Crippen LogP contribution in [0.25, 0.3) is 0 Å². The van der Waals surface area contributed by atoms with Crippen LogP contribution in [0.4, 0.5) is 0 Å². The lowest BCUT2D eigenvalue weighted by Gasteiger charge is -2.05. The summed E-state index contributed by atoms with van der Waals surface area (Å²) in [5, 5.41) is 0. The van der Waals surface area contributed by atoms with Gasteiger partial charge >= 0.3 is 0 Å². The van der Waals surface area contributed by atoms with Crippen molar-refractivity contribution in [1.29, 1.82) is 0 Å². The molecule has 0 heterocycles. The minimum absolute atomic E-state index is 0.125. The molecule has 4 atom stereocenters. The third-order valence-corrected chi connectivity index (χ3v) is 4.57. The van der Waals surface area contributed by atoms with E-state index in [1.54, 1.807) is 0 Å². The van der Waals surface area contributed by atoms with Gasteiger partial charge in [-0.25, -0.2) is 0 Å². The Balaban J connectivity index is 2.17. The molecule has 0 spiro atoms. The second kappa shape index (κ2) is 15.1. The summed E-state index contributed by atoms with van der Waals surface area (Å²) in [4.78, 5) is 0. The van der Waals surface area contributed by atoms with E-state index in [2.05, 4.69) is 84.1 Å². The molecule has 0 N–H and O–H groups in total. The number of unbranched alkanes of at least 4 members (excludes halogenated alkanes) is 1. The molecule has 1 aliphatic rings. The van der Waals surface area contributed by atoms with Gasteiger partial charge in [0, 0.05) is 9.47 Å². The van der Waals surface area contributed by atoms with E-state index in [-0.39, 0.29) is 6.10 Å². The van der Waals surface area contributed by atoms with Crippen molar-refractivity contribution in [3.63, 3.8) is 0 Å². The van der Waals surface area contributed by atoms with Crippen molar-refractivity contribution in [2.75, 3.05) is 0 Å². The summed E-state index contributed by atoms with van der Waals surface area (Å²) in [5.41, 5.74) is 0. The van der Waals surface area contributed by atoms with Crippen LogP contribution in [-0.4, -0.2) is 6.10 Å². The largest absolute Gasteiger partial charge is 0.358 e. The van der Waals surface area contributed by atoms with E-state index in [0.29, 0.717) is 0 Å². The molecule has 0 saturated heterocycles. The normalized spacial score (nSPS) is 22.7. The Bertz CT molecular complexity index is 496. The van der Waals surface area contributed by atoms with Crippen LogP contribution in [0.1, 0.15) is 52.4 Å². The first kappa shape index (κ1) is 21.9. The Hall–Kier alpha value is -1.17. The van der Waals surface area contributed by atoms with Crippen molar-refractivity contribution >= 4 is 9.47 Å². The summed E-state index contributed by atoms with van der Waals surface area (Å²) in [6, 6.07) is 0. The maximum absolute atomic E-state index is 5.34. The quantitative estimate of drug-likeness (QED) is 0.193. The first-order valence-electron chi connectivity index (χ1n) is 9.65. The molecule has 1 nitrogen and oxygen atoms in total. The second-order valence-electron chi connectivity index (χ2n) is 6.48. The number of hydrogen-bond donors (Lipinski definition) is 0. The SMILES string of the molecule is CC/C=C\CC(/C=C/C=C\C=C/C=C/C1CC1C/C=C\CCC)OP. The molecular weight excluding hydrogens is 323 g/mol. The molecule has 1 fully saturated rings. The lowest BCUT2D eigenvalue weighted by molar-refractivity contribution is 0.298. The number of rotatable bonds is 13. The monoisotopic (exact) mass is 358 g/mol. The van der Waals surface area contributed by atoms with Crippen LogP contribution in [0, 0.1) is 11.8 Å². The smallest absolute Gasteiger partial charge is 0.0828 e. The summed E-state index contributed by atoms with van der Waals surface area (Å²) in [5.74, 6) is 1.66. The Morgan fingerprint density at radius 2 is 1.72 bits per heavy atom. The summed E-state index contributed by atoms with van der Waals surface area (Å²) in [7, 11) is 2.35. The second-order valence-corrected chi connectivity index (χ2v) is 6.76. The van der Waals surface area contributed by atoms with E-state index < -0.39 is 0 Å². The van der Waals surface area contributed by atoms with Gasteiger partial charge in [-0.1, -0.05) is 93.2 Å². The number of hydrogen-bond acceptors (Lipinski definition) is 1. The third kappa shape index (κ3) is 11.9. The van der Waals surface area contributed by atoms with Gasteiger partial charge in [-0.2, -0.15) is 0 Å². The molecule has 0 aromatic rings. The fourth-order valence-corrected chi connectivity index (χ4v) is 2.76. The van der Waals surface area contributed by atoms with Crippen LogP contribution in [-0.2, 0) is 4.52 Å². The number of allylic oxidation sites excluding steroid dienone is 10.